The zero-order valence-electron chi connectivity index (χ0n) is 12.1. The van der Waals surface area contributed by atoms with Gasteiger partial charge in [-0.15, -0.1) is 0 Å². The molecule has 1 aromatic carbocycles. The summed E-state index contributed by atoms with van der Waals surface area (Å²) in [6.07, 6.45) is -3.36. The van der Waals surface area contributed by atoms with Crippen LogP contribution < -0.4 is 0 Å². The molecule has 2 aromatic rings. The average Bonchev–Trinajstić information content (AvgIpc) is 2.52. The van der Waals surface area contributed by atoms with Crippen LogP contribution in [0.15, 0.2) is 46.3 Å². The van der Waals surface area contributed by atoms with E-state index in [1.54, 1.807) is 0 Å². The van der Waals surface area contributed by atoms with E-state index in [-0.39, 0.29) is 15.6 Å². The lowest BCUT2D eigenvalue weighted by molar-refractivity contribution is -0.137. The summed E-state index contributed by atoms with van der Waals surface area (Å²) in [6, 6.07) is 7.52. The average molecular weight is 407 g/mol. The van der Waals surface area contributed by atoms with Gasteiger partial charge >= 0.3 is 6.18 Å². The van der Waals surface area contributed by atoms with Gasteiger partial charge in [0.05, 0.1) is 26.2 Å². The Morgan fingerprint density at radius 2 is 1.84 bits per heavy atom. The second-order valence-corrected chi connectivity index (χ2v) is 7.34. The molecule has 0 saturated heterocycles. The maximum Gasteiger partial charge on any atom is 0.417 e. The molecule has 25 heavy (non-hydrogen) atoms. The van der Waals surface area contributed by atoms with Gasteiger partial charge in [0.1, 0.15) is 6.07 Å². The lowest BCUT2D eigenvalue weighted by Crippen LogP contribution is -2.07. The van der Waals surface area contributed by atoms with Gasteiger partial charge in [-0.25, -0.2) is 8.42 Å². The number of alkyl halides is 3. The molecule has 0 bridgehead atoms. The smallest absolute Gasteiger partial charge is 0.255 e. The molecule has 0 spiro atoms. The Hall–Kier alpha value is -2.08. The first-order valence-corrected chi connectivity index (χ1v) is 8.65. The van der Waals surface area contributed by atoms with Gasteiger partial charge in [-0.05, 0) is 24.3 Å². The van der Waals surface area contributed by atoms with Crippen molar-refractivity contribution >= 4 is 39.1 Å². The summed E-state index contributed by atoms with van der Waals surface area (Å²) < 4.78 is 62.8. The quantitative estimate of drug-likeness (QED) is 0.689. The van der Waals surface area contributed by atoms with Gasteiger partial charge in [-0.2, -0.15) is 18.4 Å². The van der Waals surface area contributed by atoms with Crippen molar-refractivity contribution in [1.82, 2.24) is 4.98 Å². The molecule has 10 heteroatoms. The number of rotatable bonds is 3. The summed E-state index contributed by atoms with van der Waals surface area (Å²) in [5.41, 5.74) is -1.39. The zero-order valence-corrected chi connectivity index (χ0v) is 14.4. The van der Waals surface area contributed by atoms with Gasteiger partial charge in [0, 0.05) is 6.20 Å². The number of nitrogens with zero attached hydrogens (tertiary/aromatic N) is 2. The molecule has 0 atom stereocenters. The highest BCUT2D eigenvalue weighted by Crippen LogP contribution is 2.32. The van der Waals surface area contributed by atoms with Crippen molar-refractivity contribution in [3.63, 3.8) is 0 Å². The summed E-state index contributed by atoms with van der Waals surface area (Å²) in [7, 11) is -4.29. The molecule has 4 nitrogen and oxygen atoms in total. The summed E-state index contributed by atoms with van der Waals surface area (Å²) in [5.74, 6) is 0. The first kappa shape index (κ1) is 19.2. The Bertz CT molecular complexity index is 997. The van der Waals surface area contributed by atoms with Crippen molar-refractivity contribution < 1.29 is 21.6 Å². The van der Waals surface area contributed by atoms with Crippen LogP contribution in [0.4, 0.5) is 13.2 Å². The van der Waals surface area contributed by atoms with Crippen LogP contribution in [-0.4, -0.2) is 13.4 Å². The van der Waals surface area contributed by atoms with E-state index in [2.05, 4.69) is 4.98 Å². The van der Waals surface area contributed by atoms with Crippen LogP contribution in [0.1, 0.15) is 11.3 Å². The van der Waals surface area contributed by atoms with E-state index in [4.69, 9.17) is 28.5 Å². The van der Waals surface area contributed by atoms with E-state index < -0.39 is 31.5 Å². The topological polar surface area (TPSA) is 70.8 Å². The van der Waals surface area contributed by atoms with Gasteiger partial charge < -0.3 is 0 Å². The molecule has 1 heterocycles. The third-order valence-corrected chi connectivity index (χ3v) is 5.46. The standard InChI is InChI=1S/C15H7Cl2F3N2O2S/c16-11-3-1-2-4-14(11)25(23,24)10(7-21)6-13-12(17)5-9(8-22-13)15(18,19)20/h1-6,8H/b10-6+. The molecular formula is C15H7Cl2F3N2O2S. The molecule has 0 aliphatic heterocycles. The maximum absolute atomic E-state index is 12.6. The fourth-order valence-electron chi connectivity index (χ4n) is 1.78. The fourth-order valence-corrected chi connectivity index (χ4v) is 3.65. The molecule has 0 aliphatic rings. The second-order valence-electron chi connectivity index (χ2n) is 4.64. The van der Waals surface area contributed by atoms with E-state index >= 15 is 0 Å². The zero-order chi connectivity index (χ0) is 18.8. The predicted octanol–water partition coefficient (Wildman–Crippen LogP) is 4.75. The minimum absolute atomic E-state index is 0.102. The van der Waals surface area contributed by atoms with Gasteiger partial charge in [0.2, 0.25) is 9.84 Å². The molecule has 0 radical (unpaired) electrons. The fraction of sp³-hybridized carbons (Fsp3) is 0.0667. The van der Waals surface area contributed by atoms with Crippen LogP contribution in [-0.2, 0) is 16.0 Å². The van der Waals surface area contributed by atoms with E-state index in [9.17, 15) is 21.6 Å². The van der Waals surface area contributed by atoms with Crippen molar-refractivity contribution in [3.8, 4) is 6.07 Å². The molecule has 2 rings (SSSR count). The Kier molecular flexibility index (Phi) is 5.42. The Morgan fingerprint density at radius 3 is 2.36 bits per heavy atom. The molecule has 0 N–H and O–H groups in total. The van der Waals surface area contributed by atoms with Crippen molar-refractivity contribution in [3.05, 3.63) is 62.7 Å². The van der Waals surface area contributed by atoms with Crippen LogP contribution in [0.2, 0.25) is 10.0 Å². The summed E-state index contributed by atoms with van der Waals surface area (Å²) in [5, 5.41) is 8.61. The Balaban J connectivity index is 2.56. The number of sulfone groups is 1. The summed E-state index contributed by atoms with van der Waals surface area (Å²) in [4.78, 5) is 2.42. The van der Waals surface area contributed by atoms with Crippen LogP contribution >= 0.6 is 23.2 Å². The number of halogens is 5. The number of aromatic nitrogens is 1. The minimum atomic E-state index is -4.65. The molecule has 1 aromatic heterocycles. The Morgan fingerprint density at radius 1 is 1.20 bits per heavy atom. The van der Waals surface area contributed by atoms with Crippen LogP contribution in [0.3, 0.4) is 0 Å². The number of benzene rings is 1. The summed E-state index contributed by atoms with van der Waals surface area (Å²) >= 11 is 11.6. The number of hydrogen-bond donors (Lipinski definition) is 0. The van der Waals surface area contributed by atoms with E-state index in [1.165, 1.54) is 30.3 Å². The Labute approximate surface area is 151 Å². The summed E-state index contributed by atoms with van der Waals surface area (Å²) in [6.45, 7) is 0. The molecule has 0 amide bonds. The number of pyridine rings is 1. The highest BCUT2D eigenvalue weighted by molar-refractivity contribution is 7.95. The lowest BCUT2D eigenvalue weighted by Gasteiger charge is -2.08. The van der Waals surface area contributed by atoms with Crippen molar-refractivity contribution in [2.24, 2.45) is 0 Å². The maximum atomic E-state index is 12.6. The highest BCUT2D eigenvalue weighted by atomic mass is 35.5. The monoisotopic (exact) mass is 406 g/mol. The lowest BCUT2D eigenvalue weighted by atomic mass is 10.2. The molecule has 0 unspecified atom stereocenters. The second kappa shape index (κ2) is 7.04. The van der Waals surface area contributed by atoms with Crippen molar-refractivity contribution in [1.29, 1.82) is 5.26 Å². The predicted molar refractivity (Wildman–Crippen MR) is 86.5 cm³/mol. The molecule has 0 saturated carbocycles. The number of allylic oxidation sites excluding steroid dienone is 1. The van der Waals surface area contributed by atoms with Gasteiger partial charge in [-0.1, -0.05) is 35.3 Å². The van der Waals surface area contributed by atoms with Gasteiger partial charge in [0.25, 0.3) is 0 Å². The first-order chi connectivity index (χ1) is 11.6. The van der Waals surface area contributed by atoms with Crippen LogP contribution in [0, 0.1) is 11.3 Å². The molecule has 0 fully saturated rings. The highest BCUT2D eigenvalue weighted by Gasteiger charge is 2.31. The largest absolute Gasteiger partial charge is 0.417 e. The minimum Gasteiger partial charge on any atom is -0.255 e. The molecule has 130 valence electrons. The van der Waals surface area contributed by atoms with Crippen LogP contribution in [0.5, 0.6) is 0 Å². The van der Waals surface area contributed by atoms with E-state index in [1.807, 2.05) is 0 Å². The van der Waals surface area contributed by atoms with Gasteiger partial charge in [-0.3, -0.25) is 4.98 Å². The van der Waals surface area contributed by atoms with E-state index in [0.29, 0.717) is 12.3 Å². The number of hydrogen-bond acceptors (Lipinski definition) is 4. The van der Waals surface area contributed by atoms with E-state index in [0.717, 1.165) is 6.08 Å². The SMILES string of the molecule is N#C/C(=C\c1ncc(C(F)(F)F)cc1Cl)S(=O)(=O)c1ccccc1Cl. The van der Waals surface area contributed by atoms with Gasteiger partial charge in [0.15, 0.2) is 4.91 Å². The van der Waals surface area contributed by atoms with Crippen molar-refractivity contribution in [2.75, 3.05) is 0 Å². The van der Waals surface area contributed by atoms with Crippen LogP contribution in [0.25, 0.3) is 6.08 Å². The third kappa shape index (κ3) is 4.12. The molecular weight excluding hydrogens is 400 g/mol. The number of nitriles is 1. The normalized spacial score (nSPS) is 12.7. The van der Waals surface area contributed by atoms with Crippen molar-refractivity contribution in [2.45, 2.75) is 11.1 Å². The third-order valence-electron chi connectivity index (χ3n) is 2.99. The first-order valence-electron chi connectivity index (χ1n) is 6.41. The molecule has 0 aliphatic carbocycles.